The van der Waals surface area contributed by atoms with Crippen LogP contribution in [0.3, 0.4) is 0 Å². The molecule has 1 atom stereocenters. The molecule has 0 saturated carbocycles. The Hall–Kier alpha value is -3.09. The Balaban J connectivity index is 1.86. The van der Waals surface area contributed by atoms with Crippen LogP contribution in [0.5, 0.6) is 11.5 Å². The molecule has 0 saturated heterocycles. The van der Waals surface area contributed by atoms with Gasteiger partial charge in [-0.3, -0.25) is 4.79 Å². The second kappa shape index (κ2) is 7.73. The van der Waals surface area contributed by atoms with E-state index in [1.807, 2.05) is 56.6 Å². The van der Waals surface area contributed by atoms with Gasteiger partial charge in [0, 0.05) is 17.6 Å². The predicted octanol–water partition coefficient (Wildman–Crippen LogP) is 3.98. The van der Waals surface area contributed by atoms with Gasteiger partial charge in [-0.25, -0.2) is 9.67 Å². The lowest BCUT2D eigenvalue weighted by atomic mass is 10.1. The van der Waals surface area contributed by atoms with Gasteiger partial charge >= 0.3 is 0 Å². The standard InChI is InChI=1S/C22H26N4O3/c1-5-14(4)24-22(27)16-11-18(25-21-17(16)12-23-26(21)13(2)3)15-6-7-19-20(10-15)29-9-8-28-19/h6-7,10-14H,5,8-9H2,1-4H3,(H,24,27)/t14-/m1/s1. The van der Waals surface area contributed by atoms with Gasteiger partial charge in [-0.1, -0.05) is 6.92 Å². The molecule has 152 valence electrons. The van der Waals surface area contributed by atoms with Crippen LogP contribution in [-0.2, 0) is 0 Å². The van der Waals surface area contributed by atoms with E-state index in [0.717, 1.165) is 23.1 Å². The zero-order chi connectivity index (χ0) is 20.5. The van der Waals surface area contributed by atoms with Crippen LogP contribution in [0.1, 0.15) is 50.5 Å². The number of nitrogens with zero attached hydrogens (tertiary/aromatic N) is 3. The number of hydrogen-bond donors (Lipinski definition) is 1. The van der Waals surface area contributed by atoms with Crippen molar-refractivity contribution in [1.82, 2.24) is 20.1 Å². The summed E-state index contributed by atoms with van der Waals surface area (Å²) in [6, 6.07) is 7.78. The molecule has 0 bridgehead atoms. The Morgan fingerprint density at radius 3 is 2.66 bits per heavy atom. The molecule has 0 unspecified atom stereocenters. The van der Waals surface area contributed by atoms with E-state index in [1.165, 1.54) is 0 Å². The number of pyridine rings is 1. The van der Waals surface area contributed by atoms with Gasteiger partial charge in [0.05, 0.1) is 22.8 Å². The van der Waals surface area contributed by atoms with Crippen molar-refractivity contribution in [1.29, 1.82) is 0 Å². The zero-order valence-electron chi connectivity index (χ0n) is 17.2. The average Bonchev–Trinajstić information content (AvgIpc) is 3.16. The van der Waals surface area contributed by atoms with Crippen molar-refractivity contribution in [2.75, 3.05) is 13.2 Å². The van der Waals surface area contributed by atoms with Gasteiger partial charge in [-0.2, -0.15) is 5.10 Å². The molecule has 0 fully saturated rings. The molecule has 1 aliphatic heterocycles. The van der Waals surface area contributed by atoms with Crippen LogP contribution in [-0.4, -0.2) is 39.9 Å². The molecule has 0 radical (unpaired) electrons. The zero-order valence-corrected chi connectivity index (χ0v) is 17.2. The molecule has 3 aromatic rings. The van der Waals surface area contributed by atoms with Gasteiger partial charge in [-0.05, 0) is 51.5 Å². The van der Waals surface area contributed by atoms with Gasteiger partial charge < -0.3 is 14.8 Å². The Bertz CT molecular complexity index is 1060. The maximum Gasteiger partial charge on any atom is 0.252 e. The molecule has 7 nitrogen and oxygen atoms in total. The molecule has 1 amide bonds. The van der Waals surface area contributed by atoms with Crippen LogP contribution in [0.15, 0.2) is 30.5 Å². The van der Waals surface area contributed by atoms with Crippen molar-refractivity contribution in [2.24, 2.45) is 0 Å². The van der Waals surface area contributed by atoms with Crippen LogP contribution in [0.25, 0.3) is 22.3 Å². The van der Waals surface area contributed by atoms with Crippen LogP contribution in [0.4, 0.5) is 0 Å². The highest BCUT2D eigenvalue weighted by molar-refractivity contribution is 6.06. The topological polar surface area (TPSA) is 78.3 Å². The van der Waals surface area contributed by atoms with E-state index in [0.29, 0.717) is 35.9 Å². The van der Waals surface area contributed by atoms with Crippen LogP contribution < -0.4 is 14.8 Å². The minimum absolute atomic E-state index is 0.0867. The first kappa shape index (κ1) is 19.2. The predicted molar refractivity (Wildman–Crippen MR) is 112 cm³/mol. The minimum Gasteiger partial charge on any atom is -0.486 e. The van der Waals surface area contributed by atoms with Crippen molar-refractivity contribution in [3.05, 3.63) is 36.0 Å². The molecule has 4 rings (SSSR count). The van der Waals surface area contributed by atoms with Crippen LogP contribution in [0, 0.1) is 0 Å². The molecule has 3 heterocycles. The molecule has 1 aliphatic rings. The van der Waals surface area contributed by atoms with Crippen molar-refractivity contribution >= 4 is 16.9 Å². The molecule has 0 spiro atoms. The first-order valence-corrected chi connectivity index (χ1v) is 10.1. The highest BCUT2D eigenvalue weighted by atomic mass is 16.6. The van der Waals surface area contributed by atoms with Gasteiger partial charge in [0.25, 0.3) is 5.91 Å². The number of amides is 1. The summed E-state index contributed by atoms with van der Waals surface area (Å²) in [4.78, 5) is 17.8. The summed E-state index contributed by atoms with van der Waals surface area (Å²) < 4.78 is 13.2. The summed E-state index contributed by atoms with van der Waals surface area (Å²) in [6.45, 7) is 9.20. The summed E-state index contributed by atoms with van der Waals surface area (Å²) in [5, 5.41) is 8.28. The number of benzene rings is 1. The van der Waals surface area contributed by atoms with E-state index < -0.39 is 0 Å². The number of rotatable bonds is 5. The number of fused-ring (bicyclic) bond motifs is 2. The SMILES string of the molecule is CC[C@@H](C)NC(=O)c1cc(-c2ccc3c(c2)OCCO3)nc2c1cnn2C(C)C. The summed E-state index contributed by atoms with van der Waals surface area (Å²) in [5.74, 6) is 1.30. The first-order chi connectivity index (χ1) is 14.0. The Morgan fingerprint density at radius 1 is 1.17 bits per heavy atom. The first-order valence-electron chi connectivity index (χ1n) is 10.1. The normalized spacial score (nSPS) is 14.2. The van der Waals surface area contributed by atoms with E-state index in [-0.39, 0.29) is 18.0 Å². The highest BCUT2D eigenvalue weighted by Gasteiger charge is 2.20. The van der Waals surface area contributed by atoms with Crippen molar-refractivity contribution in [2.45, 2.75) is 46.2 Å². The third kappa shape index (κ3) is 3.64. The Morgan fingerprint density at radius 2 is 1.93 bits per heavy atom. The van der Waals surface area contributed by atoms with Crippen molar-refractivity contribution in [3.63, 3.8) is 0 Å². The molecule has 1 aromatic carbocycles. The lowest BCUT2D eigenvalue weighted by Crippen LogP contribution is -2.32. The molecular weight excluding hydrogens is 368 g/mol. The van der Waals surface area contributed by atoms with Gasteiger partial charge in [0.15, 0.2) is 17.1 Å². The summed E-state index contributed by atoms with van der Waals surface area (Å²) >= 11 is 0. The van der Waals surface area contributed by atoms with Gasteiger partial charge in [0.2, 0.25) is 0 Å². The second-order valence-corrected chi connectivity index (χ2v) is 7.62. The van der Waals surface area contributed by atoms with E-state index in [1.54, 1.807) is 6.20 Å². The van der Waals surface area contributed by atoms with Crippen LogP contribution in [0.2, 0.25) is 0 Å². The fourth-order valence-electron chi connectivity index (χ4n) is 3.34. The van der Waals surface area contributed by atoms with Crippen LogP contribution >= 0.6 is 0 Å². The average molecular weight is 394 g/mol. The number of carbonyl (C=O) groups excluding carboxylic acids is 1. The van der Waals surface area contributed by atoms with E-state index in [9.17, 15) is 4.79 Å². The van der Waals surface area contributed by atoms with Crippen molar-refractivity contribution in [3.8, 4) is 22.8 Å². The fourth-order valence-corrected chi connectivity index (χ4v) is 3.34. The number of nitrogens with one attached hydrogen (secondary N) is 1. The molecular formula is C22H26N4O3. The number of carbonyl (C=O) groups is 1. The van der Waals surface area contributed by atoms with E-state index in [4.69, 9.17) is 14.5 Å². The fraction of sp³-hybridized carbons (Fsp3) is 0.409. The Kier molecular flexibility index (Phi) is 5.13. The van der Waals surface area contributed by atoms with Gasteiger partial charge in [-0.15, -0.1) is 0 Å². The summed E-state index contributed by atoms with van der Waals surface area (Å²) in [7, 11) is 0. The molecule has 7 heteroatoms. The maximum absolute atomic E-state index is 13.0. The quantitative estimate of drug-likeness (QED) is 0.708. The van der Waals surface area contributed by atoms with Gasteiger partial charge in [0.1, 0.15) is 13.2 Å². The molecule has 29 heavy (non-hydrogen) atoms. The largest absolute Gasteiger partial charge is 0.486 e. The molecule has 0 aliphatic carbocycles. The molecule has 1 N–H and O–H groups in total. The number of aromatic nitrogens is 3. The smallest absolute Gasteiger partial charge is 0.252 e. The van der Waals surface area contributed by atoms with E-state index in [2.05, 4.69) is 10.4 Å². The monoisotopic (exact) mass is 394 g/mol. The third-order valence-corrected chi connectivity index (χ3v) is 5.13. The number of hydrogen-bond acceptors (Lipinski definition) is 5. The van der Waals surface area contributed by atoms with Crippen molar-refractivity contribution < 1.29 is 14.3 Å². The molecule has 2 aromatic heterocycles. The lowest BCUT2D eigenvalue weighted by molar-refractivity contribution is 0.0941. The highest BCUT2D eigenvalue weighted by Crippen LogP contribution is 2.35. The Labute approximate surface area is 170 Å². The summed E-state index contributed by atoms with van der Waals surface area (Å²) in [5.41, 5.74) is 2.84. The summed E-state index contributed by atoms with van der Waals surface area (Å²) in [6.07, 6.45) is 2.59. The lowest BCUT2D eigenvalue weighted by Gasteiger charge is -2.19. The second-order valence-electron chi connectivity index (χ2n) is 7.62. The number of ether oxygens (including phenoxy) is 2. The van der Waals surface area contributed by atoms with E-state index >= 15 is 0 Å². The third-order valence-electron chi connectivity index (χ3n) is 5.13. The maximum atomic E-state index is 13.0. The minimum atomic E-state index is -0.117.